The van der Waals surface area contributed by atoms with Crippen molar-refractivity contribution in [1.82, 2.24) is 9.36 Å². The van der Waals surface area contributed by atoms with E-state index in [9.17, 15) is 8.42 Å². The molecule has 2 rings (SSSR count). The van der Waals surface area contributed by atoms with Crippen LogP contribution in [0.2, 0.25) is 0 Å². The molecule has 6 nitrogen and oxygen atoms in total. The van der Waals surface area contributed by atoms with Crippen molar-refractivity contribution in [3.05, 3.63) is 30.1 Å². The average molecular weight is 298 g/mol. The first-order valence-electron chi connectivity index (χ1n) is 5.65. The number of rotatable bonds is 5. The van der Waals surface area contributed by atoms with Crippen LogP contribution in [0, 0.1) is 0 Å². The molecule has 0 fully saturated rings. The fourth-order valence-electron chi connectivity index (χ4n) is 1.53. The lowest BCUT2D eigenvalue weighted by molar-refractivity contribution is 0.598. The van der Waals surface area contributed by atoms with Gasteiger partial charge in [-0.2, -0.15) is 4.37 Å². The van der Waals surface area contributed by atoms with Crippen LogP contribution in [-0.2, 0) is 16.4 Å². The maximum absolute atomic E-state index is 12.0. The van der Waals surface area contributed by atoms with Gasteiger partial charge in [-0.15, -0.1) is 0 Å². The summed E-state index contributed by atoms with van der Waals surface area (Å²) < 4.78 is 27.8. The topological polar surface area (TPSA) is 98.0 Å². The zero-order chi connectivity index (χ0) is 13.9. The number of nitrogens with zero attached hydrogens (tertiary/aromatic N) is 2. The van der Waals surface area contributed by atoms with E-state index >= 15 is 0 Å². The molecule has 0 aromatic carbocycles. The summed E-state index contributed by atoms with van der Waals surface area (Å²) in [6.07, 6.45) is 3.36. The van der Waals surface area contributed by atoms with Crippen LogP contribution in [0.3, 0.4) is 0 Å². The number of nitrogens with two attached hydrogens (primary N) is 1. The molecule has 0 amide bonds. The van der Waals surface area contributed by atoms with Crippen molar-refractivity contribution in [1.29, 1.82) is 0 Å². The van der Waals surface area contributed by atoms with E-state index in [1.54, 1.807) is 19.3 Å². The number of sulfone groups is 1. The molecular formula is C11H14N4O2S2. The molecule has 3 N–H and O–H groups in total. The highest BCUT2D eigenvalue weighted by molar-refractivity contribution is 7.91. The van der Waals surface area contributed by atoms with Crippen molar-refractivity contribution >= 4 is 32.2 Å². The first-order chi connectivity index (χ1) is 9.04. The standard InChI is InChI=1S/C11H14N4O2S2/c1-2-19(16,17)9-10(12)15-18-11(9)14-7-8-3-5-13-6-4-8/h3-6,14H,2,7H2,1H3,(H2,12,15). The monoisotopic (exact) mass is 298 g/mol. The number of pyridine rings is 1. The van der Waals surface area contributed by atoms with E-state index in [0.29, 0.717) is 11.5 Å². The molecule has 0 saturated carbocycles. The van der Waals surface area contributed by atoms with E-state index in [1.807, 2.05) is 12.1 Å². The second kappa shape index (κ2) is 5.54. The van der Waals surface area contributed by atoms with Crippen LogP contribution in [0.5, 0.6) is 0 Å². The van der Waals surface area contributed by atoms with Crippen LogP contribution in [-0.4, -0.2) is 23.5 Å². The Bertz CT molecular complexity index is 653. The summed E-state index contributed by atoms with van der Waals surface area (Å²) in [4.78, 5) is 4.03. The van der Waals surface area contributed by atoms with Crippen molar-refractivity contribution in [3.63, 3.8) is 0 Å². The molecular weight excluding hydrogens is 284 g/mol. The number of nitrogens with one attached hydrogen (secondary N) is 1. The van der Waals surface area contributed by atoms with E-state index in [2.05, 4.69) is 14.7 Å². The quantitative estimate of drug-likeness (QED) is 0.868. The number of hydrogen-bond acceptors (Lipinski definition) is 7. The molecule has 19 heavy (non-hydrogen) atoms. The highest BCUT2D eigenvalue weighted by atomic mass is 32.2. The van der Waals surface area contributed by atoms with E-state index < -0.39 is 9.84 Å². The maximum atomic E-state index is 12.0. The number of aromatic nitrogens is 2. The van der Waals surface area contributed by atoms with E-state index in [-0.39, 0.29) is 16.5 Å². The average Bonchev–Trinajstić information content (AvgIpc) is 2.79. The van der Waals surface area contributed by atoms with Crippen molar-refractivity contribution in [3.8, 4) is 0 Å². The Morgan fingerprint density at radius 2 is 2.05 bits per heavy atom. The molecule has 2 aromatic heterocycles. The normalized spacial score (nSPS) is 11.4. The summed E-state index contributed by atoms with van der Waals surface area (Å²) in [5.74, 6) is 0.0589. The van der Waals surface area contributed by atoms with Crippen molar-refractivity contribution < 1.29 is 8.42 Å². The number of hydrogen-bond donors (Lipinski definition) is 2. The van der Waals surface area contributed by atoms with Crippen molar-refractivity contribution in [2.24, 2.45) is 0 Å². The Hall–Kier alpha value is -1.67. The molecule has 102 valence electrons. The fourth-order valence-corrected chi connectivity index (χ4v) is 3.70. The molecule has 2 aromatic rings. The predicted molar refractivity (Wildman–Crippen MR) is 75.8 cm³/mol. The molecule has 0 aliphatic rings. The summed E-state index contributed by atoms with van der Waals surface area (Å²) in [6, 6.07) is 3.71. The van der Waals surface area contributed by atoms with E-state index in [1.165, 1.54) is 0 Å². The minimum atomic E-state index is -3.37. The van der Waals surface area contributed by atoms with Crippen LogP contribution in [0.4, 0.5) is 10.8 Å². The predicted octanol–water partition coefficient (Wildman–Crippen LogP) is 1.53. The van der Waals surface area contributed by atoms with Gasteiger partial charge in [0, 0.05) is 18.9 Å². The van der Waals surface area contributed by atoms with Gasteiger partial charge in [-0.05, 0) is 29.2 Å². The van der Waals surface area contributed by atoms with Gasteiger partial charge in [0.25, 0.3) is 0 Å². The first-order valence-corrected chi connectivity index (χ1v) is 8.08. The van der Waals surface area contributed by atoms with Gasteiger partial charge in [0.15, 0.2) is 15.7 Å². The summed E-state index contributed by atoms with van der Waals surface area (Å²) >= 11 is 1.06. The van der Waals surface area contributed by atoms with Gasteiger partial charge < -0.3 is 11.1 Å². The molecule has 0 unspecified atom stereocenters. The Labute approximate surface area is 115 Å². The lowest BCUT2D eigenvalue weighted by atomic mass is 10.3. The van der Waals surface area contributed by atoms with E-state index in [4.69, 9.17) is 5.73 Å². The molecule has 0 spiro atoms. The summed E-state index contributed by atoms with van der Waals surface area (Å²) in [6.45, 7) is 2.08. The Morgan fingerprint density at radius 3 is 2.68 bits per heavy atom. The Balaban J connectivity index is 2.23. The Morgan fingerprint density at radius 1 is 1.37 bits per heavy atom. The van der Waals surface area contributed by atoms with Gasteiger partial charge in [0.1, 0.15) is 9.90 Å². The van der Waals surface area contributed by atoms with Gasteiger partial charge in [-0.3, -0.25) is 4.98 Å². The molecule has 0 aliphatic heterocycles. The third kappa shape index (κ3) is 3.02. The van der Waals surface area contributed by atoms with Gasteiger partial charge in [-0.1, -0.05) is 6.92 Å². The van der Waals surface area contributed by atoms with Crippen molar-refractivity contribution in [2.45, 2.75) is 18.4 Å². The number of nitrogen functional groups attached to an aromatic ring is 1. The van der Waals surface area contributed by atoms with Crippen molar-refractivity contribution in [2.75, 3.05) is 16.8 Å². The summed E-state index contributed by atoms with van der Waals surface area (Å²) in [5.41, 5.74) is 6.64. The van der Waals surface area contributed by atoms with Crippen LogP contribution in [0.15, 0.2) is 29.4 Å². The van der Waals surface area contributed by atoms with Crippen LogP contribution in [0.1, 0.15) is 12.5 Å². The summed E-state index contributed by atoms with van der Waals surface area (Å²) in [7, 11) is -3.37. The molecule has 2 heterocycles. The smallest absolute Gasteiger partial charge is 0.184 e. The third-order valence-electron chi connectivity index (χ3n) is 2.57. The second-order valence-electron chi connectivity index (χ2n) is 3.84. The van der Waals surface area contributed by atoms with Gasteiger partial charge >= 0.3 is 0 Å². The zero-order valence-corrected chi connectivity index (χ0v) is 12.0. The third-order valence-corrected chi connectivity index (χ3v) is 5.31. The molecule has 0 aliphatic carbocycles. The molecule has 0 bridgehead atoms. The van der Waals surface area contributed by atoms with Gasteiger partial charge in [0.05, 0.1) is 5.75 Å². The van der Waals surface area contributed by atoms with Crippen LogP contribution < -0.4 is 11.1 Å². The maximum Gasteiger partial charge on any atom is 0.184 e. The lowest BCUT2D eigenvalue weighted by Crippen LogP contribution is -2.09. The van der Waals surface area contributed by atoms with Gasteiger partial charge in [0.2, 0.25) is 0 Å². The molecule has 0 radical (unpaired) electrons. The summed E-state index contributed by atoms with van der Waals surface area (Å²) in [5, 5.41) is 3.54. The fraction of sp³-hybridized carbons (Fsp3) is 0.273. The zero-order valence-electron chi connectivity index (χ0n) is 10.3. The van der Waals surface area contributed by atoms with E-state index in [0.717, 1.165) is 17.1 Å². The first kappa shape index (κ1) is 13.8. The lowest BCUT2D eigenvalue weighted by Gasteiger charge is -2.06. The minimum absolute atomic E-state index is 0.000446. The highest BCUT2D eigenvalue weighted by Crippen LogP contribution is 2.32. The van der Waals surface area contributed by atoms with Crippen LogP contribution >= 0.6 is 11.5 Å². The minimum Gasteiger partial charge on any atom is -0.382 e. The molecule has 0 saturated heterocycles. The second-order valence-corrected chi connectivity index (χ2v) is 6.83. The van der Waals surface area contributed by atoms with Gasteiger partial charge in [-0.25, -0.2) is 8.42 Å². The Kier molecular flexibility index (Phi) is 4.01. The molecule has 0 atom stereocenters. The highest BCUT2D eigenvalue weighted by Gasteiger charge is 2.23. The van der Waals surface area contributed by atoms with Crippen LogP contribution in [0.25, 0.3) is 0 Å². The molecule has 8 heteroatoms. The number of anilines is 2. The largest absolute Gasteiger partial charge is 0.382 e. The SMILES string of the molecule is CCS(=O)(=O)c1c(N)nsc1NCc1ccncc1.